The van der Waals surface area contributed by atoms with Gasteiger partial charge in [-0.15, -0.1) is 0 Å². The van der Waals surface area contributed by atoms with Crippen LogP contribution in [0.3, 0.4) is 0 Å². The molecule has 1 aromatic heterocycles. The first-order valence-corrected chi connectivity index (χ1v) is 7.81. The van der Waals surface area contributed by atoms with E-state index in [1.807, 2.05) is 42.6 Å². The highest BCUT2D eigenvalue weighted by molar-refractivity contribution is 5.84. The number of phenolic OH excluding ortho intramolecular Hbond substituents is 1. The van der Waals surface area contributed by atoms with E-state index in [1.165, 1.54) is 7.11 Å². The fraction of sp³-hybridized carbons (Fsp3) is 0.211. The normalized spacial score (nSPS) is 12.2. The lowest BCUT2D eigenvalue weighted by Gasteiger charge is -2.16. The van der Waals surface area contributed by atoms with Gasteiger partial charge in [0, 0.05) is 30.1 Å². The summed E-state index contributed by atoms with van der Waals surface area (Å²) in [7, 11) is 1.40. The predicted molar refractivity (Wildman–Crippen MR) is 92.8 cm³/mol. The molecule has 0 bridgehead atoms. The molecule has 5 heteroatoms. The number of phenols is 1. The molecule has 24 heavy (non-hydrogen) atoms. The van der Waals surface area contributed by atoms with Crippen molar-refractivity contribution < 1.29 is 14.6 Å². The molecule has 124 valence electrons. The molecule has 0 spiro atoms. The van der Waals surface area contributed by atoms with Gasteiger partial charge in [0.1, 0.15) is 11.8 Å². The first-order chi connectivity index (χ1) is 11.7. The molecule has 3 aromatic rings. The second kappa shape index (κ2) is 7.19. The summed E-state index contributed by atoms with van der Waals surface area (Å²) < 4.78 is 4.93. The monoisotopic (exact) mass is 324 g/mol. The van der Waals surface area contributed by atoms with Crippen molar-refractivity contribution in [3.8, 4) is 5.75 Å². The molecule has 0 radical (unpaired) electrons. The van der Waals surface area contributed by atoms with Crippen LogP contribution >= 0.6 is 0 Å². The highest BCUT2D eigenvalue weighted by Gasteiger charge is 2.20. The van der Waals surface area contributed by atoms with Gasteiger partial charge in [-0.1, -0.05) is 30.3 Å². The second-order valence-electron chi connectivity index (χ2n) is 5.69. The molecule has 0 aliphatic heterocycles. The average molecular weight is 324 g/mol. The van der Waals surface area contributed by atoms with Crippen molar-refractivity contribution in [2.24, 2.45) is 0 Å². The maximum Gasteiger partial charge on any atom is 0.323 e. The number of para-hydroxylation sites is 1. The smallest absolute Gasteiger partial charge is 0.323 e. The number of nitrogens with one attached hydrogen (secondary N) is 2. The number of aromatic amines is 1. The molecule has 0 aliphatic carbocycles. The Morgan fingerprint density at radius 1 is 1.21 bits per heavy atom. The summed E-state index contributed by atoms with van der Waals surface area (Å²) in [5, 5.41) is 13.7. The average Bonchev–Trinajstić information content (AvgIpc) is 3.02. The summed E-state index contributed by atoms with van der Waals surface area (Å²) in [6.07, 6.45) is 2.47. The summed E-state index contributed by atoms with van der Waals surface area (Å²) >= 11 is 0. The van der Waals surface area contributed by atoms with Crippen molar-refractivity contribution in [1.29, 1.82) is 0 Å². The van der Waals surface area contributed by atoms with Crippen molar-refractivity contribution in [3.05, 3.63) is 65.9 Å². The summed E-state index contributed by atoms with van der Waals surface area (Å²) in [4.78, 5) is 15.3. The summed E-state index contributed by atoms with van der Waals surface area (Å²) in [5.74, 6) is -0.0684. The number of rotatable bonds is 6. The van der Waals surface area contributed by atoms with E-state index in [9.17, 15) is 9.90 Å². The van der Waals surface area contributed by atoms with E-state index in [2.05, 4.69) is 10.3 Å². The van der Waals surface area contributed by atoms with Crippen LogP contribution in [0.25, 0.3) is 10.9 Å². The number of esters is 1. The Morgan fingerprint density at radius 2 is 1.96 bits per heavy atom. The van der Waals surface area contributed by atoms with Gasteiger partial charge in [-0.05, 0) is 29.3 Å². The zero-order valence-electron chi connectivity index (χ0n) is 13.5. The van der Waals surface area contributed by atoms with Crippen molar-refractivity contribution >= 4 is 16.9 Å². The van der Waals surface area contributed by atoms with Gasteiger partial charge in [-0.25, -0.2) is 0 Å². The number of methoxy groups -OCH3 is 1. The van der Waals surface area contributed by atoms with Gasteiger partial charge in [0.2, 0.25) is 0 Å². The number of hydrogen-bond donors (Lipinski definition) is 3. The molecule has 1 heterocycles. The van der Waals surface area contributed by atoms with Crippen LogP contribution in [0.2, 0.25) is 0 Å². The van der Waals surface area contributed by atoms with Crippen LogP contribution in [0, 0.1) is 0 Å². The van der Waals surface area contributed by atoms with Crippen LogP contribution in [0.4, 0.5) is 0 Å². The van der Waals surface area contributed by atoms with Crippen molar-refractivity contribution in [2.75, 3.05) is 7.11 Å². The molecule has 2 aromatic carbocycles. The number of H-pyrrole nitrogens is 1. The van der Waals surface area contributed by atoms with Gasteiger partial charge in [0.05, 0.1) is 7.11 Å². The predicted octanol–water partition coefficient (Wildman–Crippen LogP) is 2.75. The third kappa shape index (κ3) is 3.58. The first-order valence-electron chi connectivity index (χ1n) is 7.81. The van der Waals surface area contributed by atoms with Gasteiger partial charge in [-0.2, -0.15) is 0 Å². The molecular formula is C19H20N2O3. The molecular weight excluding hydrogens is 304 g/mol. The third-order valence-corrected chi connectivity index (χ3v) is 4.07. The van der Waals surface area contributed by atoms with Crippen molar-refractivity contribution in [3.63, 3.8) is 0 Å². The standard InChI is InChI=1S/C19H20N2O3/c1-24-19(23)18(20-11-13-6-8-15(22)9-7-13)10-14-12-21-17-5-3-2-4-16(14)17/h2-9,12,18,20-22H,10-11H2,1H3. The Morgan fingerprint density at radius 3 is 2.71 bits per heavy atom. The van der Waals surface area contributed by atoms with Crippen molar-refractivity contribution in [1.82, 2.24) is 10.3 Å². The maximum atomic E-state index is 12.1. The number of ether oxygens (including phenoxy) is 1. The molecule has 0 fully saturated rings. The zero-order chi connectivity index (χ0) is 16.9. The lowest BCUT2D eigenvalue weighted by atomic mass is 10.0. The second-order valence-corrected chi connectivity index (χ2v) is 5.69. The molecule has 1 atom stereocenters. The van der Waals surface area contributed by atoms with Crippen LogP contribution in [0.15, 0.2) is 54.7 Å². The van der Waals surface area contributed by atoms with Crippen LogP contribution in [0.1, 0.15) is 11.1 Å². The van der Waals surface area contributed by atoms with E-state index >= 15 is 0 Å². The Kier molecular flexibility index (Phi) is 4.82. The Balaban J connectivity index is 1.74. The molecule has 3 rings (SSSR count). The minimum atomic E-state index is -0.442. The quantitative estimate of drug-likeness (QED) is 0.610. The van der Waals surface area contributed by atoms with E-state index in [-0.39, 0.29) is 11.7 Å². The number of carbonyl (C=O) groups excluding carboxylic acids is 1. The number of benzene rings is 2. The van der Waals surface area contributed by atoms with Crippen LogP contribution in [0.5, 0.6) is 5.75 Å². The first kappa shape index (κ1) is 16.1. The zero-order valence-corrected chi connectivity index (χ0v) is 13.5. The number of fused-ring (bicyclic) bond motifs is 1. The van der Waals surface area contributed by atoms with Crippen LogP contribution < -0.4 is 5.32 Å². The largest absolute Gasteiger partial charge is 0.508 e. The number of hydrogen-bond acceptors (Lipinski definition) is 4. The van der Waals surface area contributed by atoms with Gasteiger partial charge in [0.25, 0.3) is 0 Å². The van der Waals surface area contributed by atoms with E-state index in [0.717, 1.165) is 22.0 Å². The topological polar surface area (TPSA) is 74.4 Å². The fourth-order valence-corrected chi connectivity index (χ4v) is 2.76. The molecule has 0 saturated carbocycles. The number of aromatic nitrogens is 1. The minimum absolute atomic E-state index is 0.224. The molecule has 3 N–H and O–H groups in total. The Bertz CT molecular complexity index is 824. The number of carbonyl (C=O) groups is 1. The Labute approximate surface area is 140 Å². The molecule has 0 amide bonds. The van der Waals surface area contributed by atoms with E-state index in [1.54, 1.807) is 12.1 Å². The minimum Gasteiger partial charge on any atom is -0.508 e. The van der Waals surface area contributed by atoms with Gasteiger partial charge in [-0.3, -0.25) is 4.79 Å². The lowest BCUT2D eigenvalue weighted by molar-refractivity contribution is -0.143. The van der Waals surface area contributed by atoms with E-state index in [0.29, 0.717) is 13.0 Å². The highest BCUT2D eigenvalue weighted by Crippen LogP contribution is 2.19. The number of aromatic hydroxyl groups is 1. The SMILES string of the molecule is COC(=O)C(Cc1c[nH]c2ccccc12)NCc1ccc(O)cc1. The third-order valence-electron chi connectivity index (χ3n) is 4.07. The van der Waals surface area contributed by atoms with Crippen LogP contribution in [-0.2, 0) is 22.5 Å². The van der Waals surface area contributed by atoms with Gasteiger partial charge < -0.3 is 20.1 Å². The van der Waals surface area contributed by atoms with Gasteiger partial charge in [0.15, 0.2) is 0 Å². The van der Waals surface area contributed by atoms with Crippen LogP contribution in [-0.4, -0.2) is 29.2 Å². The summed E-state index contributed by atoms with van der Waals surface area (Å²) in [5.41, 5.74) is 3.11. The summed E-state index contributed by atoms with van der Waals surface area (Å²) in [6.45, 7) is 0.516. The van der Waals surface area contributed by atoms with E-state index in [4.69, 9.17) is 4.74 Å². The molecule has 5 nitrogen and oxygen atoms in total. The summed E-state index contributed by atoms with van der Waals surface area (Å²) in [6, 6.07) is 14.5. The maximum absolute atomic E-state index is 12.1. The van der Waals surface area contributed by atoms with E-state index < -0.39 is 6.04 Å². The molecule has 0 saturated heterocycles. The van der Waals surface area contributed by atoms with Gasteiger partial charge >= 0.3 is 5.97 Å². The highest BCUT2D eigenvalue weighted by atomic mass is 16.5. The Hall–Kier alpha value is -2.79. The fourth-order valence-electron chi connectivity index (χ4n) is 2.76. The lowest BCUT2D eigenvalue weighted by Crippen LogP contribution is -2.39. The van der Waals surface area contributed by atoms with Crippen molar-refractivity contribution in [2.45, 2.75) is 19.0 Å². The molecule has 0 aliphatic rings. The molecule has 1 unspecified atom stereocenters.